The smallest absolute Gasteiger partial charge is 0.236 e. The van der Waals surface area contributed by atoms with Gasteiger partial charge in [-0.3, -0.25) is 4.79 Å². The molecule has 0 spiro atoms. The first-order valence-electron chi connectivity index (χ1n) is 9.59. The van der Waals surface area contributed by atoms with Crippen molar-refractivity contribution in [2.45, 2.75) is 24.3 Å². The molecule has 2 heterocycles. The summed E-state index contributed by atoms with van der Waals surface area (Å²) in [6, 6.07) is 16.0. The van der Waals surface area contributed by atoms with E-state index < -0.39 is 5.41 Å². The van der Waals surface area contributed by atoms with Crippen LogP contribution in [-0.4, -0.2) is 24.7 Å². The van der Waals surface area contributed by atoms with E-state index in [0.29, 0.717) is 10.9 Å². The molecule has 0 radical (unpaired) electrons. The number of rotatable bonds is 6. The third-order valence-corrected chi connectivity index (χ3v) is 6.54. The number of nitrogens with zero attached hydrogens (tertiary/aromatic N) is 1. The van der Waals surface area contributed by atoms with Crippen LogP contribution in [0.4, 0.5) is 5.13 Å². The molecule has 29 heavy (non-hydrogen) atoms. The lowest BCUT2D eigenvalue weighted by Gasteiger charge is -2.15. The Kier molecular flexibility index (Phi) is 4.49. The average molecular weight is 407 g/mol. The van der Waals surface area contributed by atoms with Crippen LogP contribution in [0.25, 0.3) is 0 Å². The van der Waals surface area contributed by atoms with Gasteiger partial charge in [0.1, 0.15) is 0 Å². The van der Waals surface area contributed by atoms with Crippen molar-refractivity contribution in [2.75, 3.05) is 19.2 Å². The molecule has 0 bridgehead atoms. The maximum absolute atomic E-state index is 13.1. The van der Waals surface area contributed by atoms with E-state index in [0.717, 1.165) is 34.6 Å². The summed E-state index contributed by atoms with van der Waals surface area (Å²) in [7, 11) is 1.93. The number of fused-ring (bicyclic) bond motifs is 1. The van der Waals surface area contributed by atoms with E-state index in [-0.39, 0.29) is 18.7 Å². The SMILES string of the molecule is CNC(c1ccccc1)c1cnc(NC(=O)C2(c3ccc4c(c3)OCO4)CC2)s1. The summed E-state index contributed by atoms with van der Waals surface area (Å²) < 4.78 is 10.9. The Morgan fingerprint density at radius 2 is 1.93 bits per heavy atom. The molecule has 1 atom stereocenters. The molecular formula is C22H21N3O3S. The first kappa shape index (κ1) is 18.1. The van der Waals surface area contributed by atoms with Gasteiger partial charge in [0.25, 0.3) is 0 Å². The van der Waals surface area contributed by atoms with E-state index in [4.69, 9.17) is 9.47 Å². The van der Waals surface area contributed by atoms with E-state index in [2.05, 4.69) is 27.8 Å². The summed E-state index contributed by atoms with van der Waals surface area (Å²) in [6.45, 7) is 0.230. The quantitative estimate of drug-likeness (QED) is 0.649. The summed E-state index contributed by atoms with van der Waals surface area (Å²) in [5.74, 6) is 1.42. The van der Waals surface area contributed by atoms with E-state index in [1.165, 1.54) is 11.3 Å². The number of aromatic nitrogens is 1. The van der Waals surface area contributed by atoms with Crippen LogP contribution in [0.3, 0.4) is 0 Å². The number of amides is 1. The van der Waals surface area contributed by atoms with Crippen molar-refractivity contribution in [3.8, 4) is 11.5 Å². The molecule has 7 heteroatoms. The van der Waals surface area contributed by atoms with E-state index in [1.54, 1.807) is 0 Å². The molecule has 0 saturated heterocycles. The molecule has 1 saturated carbocycles. The third kappa shape index (κ3) is 3.26. The highest BCUT2D eigenvalue weighted by Crippen LogP contribution is 2.51. The average Bonchev–Trinajstić information content (AvgIpc) is 3.21. The van der Waals surface area contributed by atoms with Gasteiger partial charge in [-0.1, -0.05) is 47.7 Å². The molecule has 6 nitrogen and oxygen atoms in total. The molecule has 2 N–H and O–H groups in total. The van der Waals surface area contributed by atoms with Gasteiger partial charge in [-0.05, 0) is 43.1 Å². The zero-order valence-corrected chi connectivity index (χ0v) is 16.8. The molecule has 1 aromatic heterocycles. The van der Waals surface area contributed by atoms with Crippen molar-refractivity contribution >= 4 is 22.4 Å². The minimum absolute atomic E-state index is 0.0158. The second-order valence-corrected chi connectivity index (χ2v) is 8.37. The molecule has 1 fully saturated rings. The van der Waals surface area contributed by atoms with Gasteiger partial charge in [-0.2, -0.15) is 0 Å². The van der Waals surface area contributed by atoms with Crippen molar-refractivity contribution < 1.29 is 14.3 Å². The second-order valence-electron chi connectivity index (χ2n) is 7.30. The number of thiazole rings is 1. The molecular weight excluding hydrogens is 386 g/mol. The number of ether oxygens (including phenoxy) is 2. The van der Waals surface area contributed by atoms with Crippen LogP contribution in [-0.2, 0) is 10.2 Å². The molecule has 1 aliphatic heterocycles. The lowest BCUT2D eigenvalue weighted by atomic mass is 9.94. The Hall–Kier alpha value is -2.90. The topological polar surface area (TPSA) is 72.5 Å². The number of benzene rings is 2. The highest BCUT2D eigenvalue weighted by Gasteiger charge is 2.52. The van der Waals surface area contributed by atoms with E-state index in [1.807, 2.05) is 49.6 Å². The van der Waals surface area contributed by atoms with Gasteiger partial charge in [-0.25, -0.2) is 4.98 Å². The number of carbonyl (C=O) groups excluding carboxylic acids is 1. The Labute approximate surface area is 172 Å². The molecule has 1 amide bonds. The van der Waals surface area contributed by atoms with Crippen molar-refractivity contribution in [3.05, 3.63) is 70.7 Å². The third-order valence-electron chi connectivity index (χ3n) is 5.56. The highest BCUT2D eigenvalue weighted by atomic mass is 32.1. The summed E-state index contributed by atoms with van der Waals surface area (Å²) in [4.78, 5) is 18.6. The number of anilines is 1. The maximum atomic E-state index is 13.1. The van der Waals surface area contributed by atoms with Crippen molar-refractivity contribution in [1.82, 2.24) is 10.3 Å². The lowest BCUT2D eigenvalue weighted by Crippen LogP contribution is -2.27. The number of nitrogens with one attached hydrogen (secondary N) is 2. The Balaban J connectivity index is 1.34. The molecule has 5 rings (SSSR count). The molecule has 148 valence electrons. The zero-order chi connectivity index (χ0) is 19.8. The van der Waals surface area contributed by atoms with Gasteiger partial charge in [-0.15, -0.1) is 0 Å². The summed E-state index contributed by atoms with van der Waals surface area (Å²) in [5, 5.41) is 6.97. The zero-order valence-electron chi connectivity index (χ0n) is 16.0. The number of hydrogen-bond acceptors (Lipinski definition) is 6. The molecule has 1 unspecified atom stereocenters. The van der Waals surface area contributed by atoms with Crippen LogP contribution in [0.1, 0.15) is 34.9 Å². The summed E-state index contributed by atoms with van der Waals surface area (Å²) in [5.41, 5.74) is 1.62. The molecule has 2 aliphatic rings. The van der Waals surface area contributed by atoms with Crippen molar-refractivity contribution in [2.24, 2.45) is 0 Å². The maximum Gasteiger partial charge on any atom is 0.236 e. The minimum Gasteiger partial charge on any atom is -0.454 e. The van der Waals surface area contributed by atoms with Gasteiger partial charge >= 0.3 is 0 Å². The standard InChI is InChI=1S/C22H21N3O3S/c1-23-19(14-5-3-2-4-6-14)18-12-24-21(29-18)25-20(26)22(9-10-22)15-7-8-16-17(11-15)28-13-27-16/h2-8,11-12,19,23H,9-10,13H2,1H3,(H,24,25,26). The van der Waals surface area contributed by atoms with Crippen LogP contribution in [0.5, 0.6) is 11.5 Å². The van der Waals surface area contributed by atoms with Gasteiger partial charge < -0.3 is 20.1 Å². The predicted octanol–water partition coefficient (Wildman–Crippen LogP) is 3.85. The Morgan fingerprint density at radius 1 is 1.14 bits per heavy atom. The van der Waals surface area contributed by atoms with E-state index >= 15 is 0 Å². The Morgan fingerprint density at radius 3 is 2.69 bits per heavy atom. The van der Waals surface area contributed by atoms with Crippen LogP contribution in [0.15, 0.2) is 54.7 Å². The Bertz CT molecular complexity index is 1050. The second kappa shape index (κ2) is 7.17. The lowest BCUT2D eigenvalue weighted by molar-refractivity contribution is -0.118. The minimum atomic E-state index is -0.505. The van der Waals surface area contributed by atoms with Gasteiger partial charge in [0, 0.05) is 11.1 Å². The fourth-order valence-electron chi connectivity index (χ4n) is 3.78. The van der Waals surface area contributed by atoms with Gasteiger partial charge in [0.15, 0.2) is 16.6 Å². The largest absolute Gasteiger partial charge is 0.454 e. The number of hydrogen-bond donors (Lipinski definition) is 2. The van der Waals surface area contributed by atoms with Crippen LogP contribution < -0.4 is 20.1 Å². The first-order chi connectivity index (χ1) is 14.2. The fraction of sp³-hybridized carbons (Fsp3) is 0.273. The van der Waals surface area contributed by atoms with Gasteiger partial charge in [0.2, 0.25) is 12.7 Å². The summed E-state index contributed by atoms with van der Waals surface area (Å²) in [6.07, 6.45) is 3.47. The fourth-order valence-corrected chi connectivity index (χ4v) is 4.73. The predicted molar refractivity (Wildman–Crippen MR) is 112 cm³/mol. The summed E-state index contributed by atoms with van der Waals surface area (Å²) >= 11 is 1.50. The first-order valence-corrected chi connectivity index (χ1v) is 10.4. The number of carbonyl (C=O) groups is 1. The van der Waals surface area contributed by atoms with Gasteiger partial charge in [0.05, 0.1) is 11.5 Å². The molecule has 1 aliphatic carbocycles. The van der Waals surface area contributed by atoms with E-state index in [9.17, 15) is 4.79 Å². The highest BCUT2D eigenvalue weighted by molar-refractivity contribution is 7.15. The van der Waals surface area contributed by atoms with Crippen LogP contribution in [0.2, 0.25) is 0 Å². The molecule has 2 aromatic carbocycles. The molecule has 3 aromatic rings. The normalized spacial score (nSPS) is 17.0. The van der Waals surface area contributed by atoms with Crippen molar-refractivity contribution in [3.63, 3.8) is 0 Å². The van der Waals surface area contributed by atoms with Crippen molar-refractivity contribution in [1.29, 1.82) is 0 Å². The van der Waals surface area contributed by atoms with Crippen LogP contribution in [0, 0.1) is 0 Å². The monoisotopic (exact) mass is 407 g/mol. The van der Waals surface area contributed by atoms with Crippen LogP contribution >= 0.6 is 11.3 Å².